The summed E-state index contributed by atoms with van der Waals surface area (Å²) < 4.78 is 11.2. The summed E-state index contributed by atoms with van der Waals surface area (Å²) in [6.45, 7) is 9.93. The van der Waals surface area contributed by atoms with Gasteiger partial charge in [-0.25, -0.2) is 19.6 Å². The number of nitrogens with zero attached hydrogens (tertiary/aromatic N) is 2. The topological polar surface area (TPSA) is 102 Å². The van der Waals surface area contributed by atoms with E-state index in [2.05, 4.69) is 35.8 Å². The number of hydrogen-bond acceptors (Lipinski definition) is 7. The number of carbonyl (C=O) groups is 2. The fraction of sp³-hybridized carbons (Fsp3) is 0.684. The molecule has 0 bridgehead atoms. The first-order valence-corrected chi connectivity index (χ1v) is 17.9. The van der Waals surface area contributed by atoms with Crippen LogP contribution in [-0.4, -0.2) is 46.8 Å². The van der Waals surface area contributed by atoms with Gasteiger partial charge in [-0.15, -0.1) is 0 Å². The van der Waals surface area contributed by atoms with Crippen molar-refractivity contribution in [1.29, 1.82) is 0 Å². The summed E-state index contributed by atoms with van der Waals surface area (Å²) in [6, 6.07) is 6.32. The molecular weight excluding hydrogens is 576 g/mol. The van der Waals surface area contributed by atoms with Crippen molar-refractivity contribution in [2.45, 2.75) is 148 Å². The van der Waals surface area contributed by atoms with E-state index in [0.717, 1.165) is 43.4 Å². The van der Waals surface area contributed by atoms with Gasteiger partial charge in [0.15, 0.2) is 0 Å². The smallest absolute Gasteiger partial charge is 0.407 e. The van der Waals surface area contributed by atoms with E-state index in [1.54, 1.807) is 11.1 Å². The standard InChI is InChI=1S/C38H56N4O4/c1-25-34(30-18-15-29(16-19-30)32-20-17-28-13-9-10-14-31(28)23-32)40-26(2)41-35(25)39-24-33(36(43)46-38(3,4)5)42-37(44)45-22-21-27-11-7-6-8-12-27/h17,20,23,27,29-30,33H,6-16,18-19,21-22,24H2,1-5H3,(H,42,44)(H,39,40,41)/t29?,30?,33-/m0/s1. The Bertz CT molecular complexity index is 1340. The number of esters is 1. The Hall–Kier alpha value is -3.16. The maximum absolute atomic E-state index is 13.2. The summed E-state index contributed by atoms with van der Waals surface area (Å²) in [4.78, 5) is 35.5. The average molecular weight is 633 g/mol. The maximum atomic E-state index is 13.2. The number of nitrogens with one attached hydrogen (secondary N) is 2. The molecule has 0 aliphatic heterocycles. The Kier molecular flexibility index (Phi) is 11.6. The van der Waals surface area contributed by atoms with Crippen molar-refractivity contribution in [1.82, 2.24) is 15.3 Å². The molecule has 46 heavy (non-hydrogen) atoms. The zero-order valence-electron chi connectivity index (χ0n) is 28.9. The second-order valence-electron chi connectivity index (χ2n) is 15.0. The van der Waals surface area contributed by atoms with Gasteiger partial charge in [0.25, 0.3) is 0 Å². The highest BCUT2D eigenvalue weighted by Crippen LogP contribution is 2.42. The molecule has 2 saturated carbocycles. The monoisotopic (exact) mass is 632 g/mol. The van der Waals surface area contributed by atoms with Gasteiger partial charge in [0.1, 0.15) is 23.3 Å². The van der Waals surface area contributed by atoms with Gasteiger partial charge < -0.3 is 20.1 Å². The van der Waals surface area contributed by atoms with Crippen molar-refractivity contribution >= 4 is 17.9 Å². The summed E-state index contributed by atoms with van der Waals surface area (Å²) >= 11 is 0. The number of alkyl carbamates (subject to hydrolysis) is 1. The third-order valence-corrected chi connectivity index (χ3v) is 10.2. The van der Waals surface area contributed by atoms with Crippen LogP contribution >= 0.6 is 0 Å². The molecular formula is C38H56N4O4. The zero-order valence-corrected chi connectivity index (χ0v) is 28.9. The molecule has 0 unspecified atom stereocenters. The average Bonchev–Trinajstić information content (AvgIpc) is 3.04. The summed E-state index contributed by atoms with van der Waals surface area (Å²) in [5, 5.41) is 6.11. The van der Waals surface area contributed by atoms with Crippen molar-refractivity contribution in [3.05, 3.63) is 52.0 Å². The lowest BCUT2D eigenvalue weighted by Gasteiger charge is -2.30. The number of aryl methyl sites for hydroxylation is 3. The molecule has 3 aliphatic carbocycles. The number of benzene rings is 1. The van der Waals surface area contributed by atoms with Crippen LogP contribution in [0.1, 0.15) is 143 Å². The first kappa shape index (κ1) is 34.2. The molecule has 0 spiro atoms. The van der Waals surface area contributed by atoms with Gasteiger partial charge in [-0.1, -0.05) is 50.3 Å². The number of anilines is 1. The number of hydrogen-bond donors (Lipinski definition) is 2. The Morgan fingerprint density at radius 1 is 0.891 bits per heavy atom. The minimum atomic E-state index is -0.924. The Morgan fingerprint density at radius 2 is 1.59 bits per heavy atom. The number of amides is 1. The predicted octanol–water partition coefficient (Wildman–Crippen LogP) is 8.23. The van der Waals surface area contributed by atoms with Gasteiger partial charge in [0, 0.05) is 18.0 Å². The SMILES string of the molecule is Cc1nc(NC[C@H](NC(=O)OCCC2CCCCC2)C(=O)OC(C)(C)C)c(C)c(C2CCC(c3ccc4c(c3)CCCC4)CC2)n1. The molecule has 8 nitrogen and oxygen atoms in total. The second kappa shape index (κ2) is 15.6. The summed E-state index contributed by atoms with van der Waals surface area (Å²) in [5.41, 5.74) is 6.02. The van der Waals surface area contributed by atoms with Gasteiger partial charge in [-0.3, -0.25) is 0 Å². The maximum Gasteiger partial charge on any atom is 0.407 e. The van der Waals surface area contributed by atoms with Crippen LogP contribution in [-0.2, 0) is 27.1 Å². The number of ether oxygens (including phenoxy) is 2. The van der Waals surface area contributed by atoms with Crippen LogP contribution in [0.3, 0.4) is 0 Å². The van der Waals surface area contributed by atoms with Crippen molar-refractivity contribution in [2.75, 3.05) is 18.5 Å². The van der Waals surface area contributed by atoms with Crippen LogP contribution in [0, 0.1) is 19.8 Å². The molecule has 2 aromatic rings. The van der Waals surface area contributed by atoms with Crippen LogP contribution in [0.15, 0.2) is 18.2 Å². The minimum Gasteiger partial charge on any atom is -0.458 e. The van der Waals surface area contributed by atoms with E-state index in [0.29, 0.717) is 36.0 Å². The van der Waals surface area contributed by atoms with E-state index in [9.17, 15) is 9.59 Å². The van der Waals surface area contributed by atoms with E-state index in [1.165, 1.54) is 63.4 Å². The molecule has 1 atom stereocenters. The summed E-state index contributed by atoms with van der Waals surface area (Å²) in [5.74, 6) is 2.47. The number of carbonyl (C=O) groups excluding carboxylic acids is 2. The lowest BCUT2D eigenvalue weighted by molar-refractivity contribution is -0.156. The van der Waals surface area contributed by atoms with Crippen molar-refractivity contribution in [3.63, 3.8) is 0 Å². The summed E-state index contributed by atoms with van der Waals surface area (Å²) in [6.07, 6.45) is 16.0. The van der Waals surface area contributed by atoms with E-state index in [1.807, 2.05) is 27.7 Å². The molecule has 252 valence electrons. The Morgan fingerprint density at radius 3 is 2.30 bits per heavy atom. The van der Waals surface area contributed by atoms with E-state index in [4.69, 9.17) is 19.4 Å². The van der Waals surface area contributed by atoms with E-state index < -0.39 is 23.7 Å². The molecule has 1 amide bonds. The highest BCUT2D eigenvalue weighted by atomic mass is 16.6. The number of aromatic nitrogens is 2. The molecule has 2 fully saturated rings. The van der Waals surface area contributed by atoms with E-state index >= 15 is 0 Å². The highest BCUT2D eigenvalue weighted by molar-refractivity contribution is 5.82. The van der Waals surface area contributed by atoms with E-state index in [-0.39, 0.29) is 6.54 Å². The van der Waals surface area contributed by atoms with Gasteiger partial charge in [-0.2, -0.15) is 0 Å². The third-order valence-electron chi connectivity index (χ3n) is 10.2. The minimum absolute atomic E-state index is 0.133. The first-order chi connectivity index (χ1) is 22.1. The number of rotatable bonds is 10. The van der Waals surface area contributed by atoms with Crippen LogP contribution in [0.4, 0.5) is 10.6 Å². The second-order valence-corrected chi connectivity index (χ2v) is 15.0. The predicted molar refractivity (Wildman–Crippen MR) is 182 cm³/mol. The normalized spacial score (nSPS) is 21.2. The molecule has 1 heterocycles. The lowest BCUT2D eigenvalue weighted by Crippen LogP contribution is -2.48. The number of fused-ring (bicyclic) bond motifs is 1. The molecule has 2 N–H and O–H groups in total. The molecule has 0 saturated heterocycles. The zero-order chi connectivity index (χ0) is 32.7. The first-order valence-electron chi connectivity index (χ1n) is 17.9. The third kappa shape index (κ3) is 9.45. The highest BCUT2D eigenvalue weighted by Gasteiger charge is 2.30. The molecule has 0 radical (unpaired) electrons. The fourth-order valence-corrected chi connectivity index (χ4v) is 7.67. The Balaban J connectivity index is 1.20. The molecule has 5 rings (SSSR count). The van der Waals surface area contributed by atoms with Crippen LogP contribution in [0.2, 0.25) is 0 Å². The van der Waals surface area contributed by atoms with Crippen LogP contribution in [0.25, 0.3) is 0 Å². The lowest BCUT2D eigenvalue weighted by atomic mass is 9.76. The molecule has 1 aromatic carbocycles. The largest absolute Gasteiger partial charge is 0.458 e. The van der Waals surface area contributed by atoms with Crippen LogP contribution in [0.5, 0.6) is 0 Å². The fourth-order valence-electron chi connectivity index (χ4n) is 7.67. The molecule has 3 aliphatic rings. The van der Waals surface area contributed by atoms with Crippen molar-refractivity contribution in [3.8, 4) is 0 Å². The van der Waals surface area contributed by atoms with Gasteiger partial charge in [-0.05, 0) is 121 Å². The summed E-state index contributed by atoms with van der Waals surface area (Å²) in [7, 11) is 0. The van der Waals surface area contributed by atoms with Gasteiger partial charge in [0.05, 0.1) is 12.3 Å². The van der Waals surface area contributed by atoms with Crippen molar-refractivity contribution in [2.24, 2.45) is 5.92 Å². The Labute approximate surface area is 276 Å². The van der Waals surface area contributed by atoms with Gasteiger partial charge >= 0.3 is 12.1 Å². The van der Waals surface area contributed by atoms with Crippen molar-refractivity contribution < 1.29 is 19.1 Å². The van der Waals surface area contributed by atoms with Crippen LogP contribution < -0.4 is 10.6 Å². The van der Waals surface area contributed by atoms with Gasteiger partial charge in [0.2, 0.25) is 0 Å². The quantitative estimate of drug-likeness (QED) is 0.254. The molecule has 1 aromatic heterocycles. The molecule has 8 heteroatoms.